The molecule has 0 unspecified atom stereocenters. The third-order valence-electron chi connectivity index (χ3n) is 5.82. The van der Waals surface area contributed by atoms with Crippen LogP contribution in [0.5, 0.6) is 0 Å². The first-order chi connectivity index (χ1) is 15.8. The van der Waals surface area contributed by atoms with E-state index in [0.717, 1.165) is 22.6 Å². The van der Waals surface area contributed by atoms with Crippen LogP contribution in [0.2, 0.25) is 0 Å². The van der Waals surface area contributed by atoms with Crippen LogP contribution in [0.1, 0.15) is 35.6 Å². The van der Waals surface area contributed by atoms with Gasteiger partial charge in [-0.15, -0.1) is 10.2 Å². The van der Waals surface area contributed by atoms with Crippen LogP contribution in [0.15, 0.2) is 33.9 Å². The van der Waals surface area contributed by atoms with Crippen molar-refractivity contribution in [1.29, 1.82) is 0 Å². The van der Waals surface area contributed by atoms with Crippen LogP contribution in [-0.4, -0.2) is 55.5 Å². The number of nitrogens with zero attached hydrogens (tertiary/aromatic N) is 5. The van der Waals surface area contributed by atoms with E-state index >= 15 is 0 Å². The third-order valence-corrected chi connectivity index (χ3v) is 6.74. The fourth-order valence-corrected chi connectivity index (χ4v) is 4.83. The lowest BCUT2D eigenvalue weighted by Crippen LogP contribution is -2.42. The average Bonchev–Trinajstić information content (AvgIpc) is 3.38. The number of hydrogen-bond acceptors (Lipinski definition) is 7. The Kier molecular flexibility index (Phi) is 6.83. The molecule has 174 valence electrons. The van der Waals surface area contributed by atoms with Crippen molar-refractivity contribution >= 4 is 29.4 Å². The monoisotopic (exact) mass is 468 g/mol. The largest absolute Gasteiger partial charge is 0.360 e. The lowest BCUT2D eigenvalue weighted by molar-refractivity contribution is -0.132. The number of carbonyl (C=O) groups is 2. The summed E-state index contributed by atoms with van der Waals surface area (Å²) in [5.41, 5.74) is 3.31. The Morgan fingerprint density at radius 1 is 1.12 bits per heavy atom. The summed E-state index contributed by atoms with van der Waals surface area (Å²) in [6, 6.07) is 7.94. The zero-order valence-electron chi connectivity index (χ0n) is 19.3. The summed E-state index contributed by atoms with van der Waals surface area (Å²) in [5, 5.41) is 15.8. The number of rotatable bonds is 6. The van der Waals surface area contributed by atoms with Crippen molar-refractivity contribution < 1.29 is 14.1 Å². The Morgan fingerprint density at radius 2 is 1.88 bits per heavy atom. The van der Waals surface area contributed by atoms with Gasteiger partial charge in [0.15, 0.2) is 11.0 Å². The molecule has 0 saturated carbocycles. The number of likely N-dealkylation sites (tertiary alicyclic amines) is 1. The quantitative estimate of drug-likeness (QED) is 0.552. The molecule has 9 nitrogen and oxygen atoms in total. The molecular weight excluding hydrogens is 440 g/mol. The summed E-state index contributed by atoms with van der Waals surface area (Å²) >= 11 is 1.39. The molecule has 3 aromatic rings. The number of thioether (sulfide) groups is 1. The predicted octanol–water partition coefficient (Wildman–Crippen LogP) is 3.46. The number of amides is 2. The fraction of sp³-hybridized carbons (Fsp3) is 0.435. The van der Waals surface area contributed by atoms with Crippen LogP contribution in [0.3, 0.4) is 0 Å². The van der Waals surface area contributed by atoms with Crippen molar-refractivity contribution in [2.45, 2.75) is 45.7 Å². The second-order valence-corrected chi connectivity index (χ2v) is 9.35. The molecule has 0 atom stereocenters. The molecule has 10 heteroatoms. The lowest BCUT2D eigenvalue weighted by Gasteiger charge is -2.31. The van der Waals surface area contributed by atoms with Crippen molar-refractivity contribution in [3.8, 4) is 5.69 Å². The molecule has 0 aliphatic carbocycles. The van der Waals surface area contributed by atoms with Crippen LogP contribution in [0.4, 0.5) is 5.82 Å². The molecule has 1 N–H and O–H groups in total. The van der Waals surface area contributed by atoms with Crippen molar-refractivity contribution in [2.24, 2.45) is 5.92 Å². The van der Waals surface area contributed by atoms with E-state index in [4.69, 9.17) is 4.52 Å². The first-order valence-electron chi connectivity index (χ1n) is 11.0. The molecule has 2 aromatic heterocycles. The van der Waals surface area contributed by atoms with E-state index < -0.39 is 0 Å². The maximum atomic E-state index is 12.8. The normalized spacial score (nSPS) is 14.5. The van der Waals surface area contributed by atoms with Gasteiger partial charge in [-0.05, 0) is 57.7 Å². The number of carbonyl (C=O) groups excluding carboxylic acids is 2. The highest BCUT2D eigenvalue weighted by Crippen LogP contribution is 2.26. The highest BCUT2D eigenvalue weighted by molar-refractivity contribution is 7.99. The van der Waals surface area contributed by atoms with Crippen molar-refractivity contribution in [1.82, 2.24) is 24.8 Å². The minimum Gasteiger partial charge on any atom is -0.360 e. The molecule has 1 fully saturated rings. The Labute approximate surface area is 196 Å². The standard InChI is InChI=1S/C23H28N6O3S/c1-14-5-6-15(2)19(11-14)29-17(4)25-26-23(29)33-13-21(30)28-9-7-18(8-10-28)22(31)24-20-12-16(3)32-27-20/h5-6,11-12,18H,7-10,13H2,1-4H3,(H,24,27,31). The van der Waals surface area contributed by atoms with Gasteiger partial charge in [0.1, 0.15) is 11.6 Å². The fourth-order valence-electron chi connectivity index (χ4n) is 3.94. The van der Waals surface area contributed by atoms with Crippen LogP contribution in [0.25, 0.3) is 5.69 Å². The molecule has 4 rings (SSSR count). The van der Waals surface area contributed by atoms with Gasteiger partial charge in [0.25, 0.3) is 0 Å². The van der Waals surface area contributed by atoms with E-state index in [1.807, 2.05) is 16.4 Å². The minimum absolute atomic E-state index is 0.0409. The first-order valence-corrected chi connectivity index (χ1v) is 11.9. The van der Waals surface area contributed by atoms with E-state index in [9.17, 15) is 9.59 Å². The maximum Gasteiger partial charge on any atom is 0.233 e. The molecule has 1 aromatic carbocycles. The first kappa shape index (κ1) is 23.0. The molecule has 0 spiro atoms. The van der Waals surface area contributed by atoms with E-state index in [2.05, 4.69) is 52.7 Å². The number of aryl methyl sites for hydroxylation is 4. The van der Waals surface area contributed by atoms with Crippen LogP contribution >= 0.6 is 11.8 Å². The number of aromatic nitrogens is 4. The van der Waals surface area contributed by atoms with Gasteiger partial charge in [0, 0.05) is 25.1 Å². The van der Waals surface area contributed by atoms with Gasteiger partial charge in [-0.2, -0.15) is 0 Å². The molecule has 33 heavy (non-hydrogen) atoms. The zero-order valence-corrected chi connectivity index (χ0v) is 20.1. The summed E-state index contributed by atoms with van der Waals surface area (Å²) in [6.07, 6.45) is 1.24. The molecule has 1 aliphatic rings. The van der Waals surface area contributed by atoms with E-state index in [1.165, 1.54) is 11.8 Å². The van der Waals surface area contributed by atoms with E-state index in [-0.39, 0.29) is 23.5 Å². The van der Waals surface area contributed by atoms with Gasteiger partial charge in [-0.1, -0.05) is 29.1 Å². The van der Waals surface area contributed by atoms with Crippen molar-refractivity contribution in [3.05, 3.63) is 47.0 Å². The van der Waals surface area contributed by atoms with Gasteiger partial charge in [0.2, 0.25) is 11.8 Å². The molecular formula is C23H28N6O3S. The van der Waals surface area contributed by atoms with E-state index in [1.54, 1.807) is 13.0 Å². The van der Waals surface area contributed by atoms with Gasteiger partial charge in [-0.3, -0.25) is 14.2 Å². The highest BCUT2D eigenvalue weighted by atomic mass is 32.2. The maximum absolute atomic E-state index is 12.8. The van der Waals surface area contributed by atoms with Gasteiger partial charge < -0.3 is 14.7 Å². The summed E-state index contributed by atoms with van der Waals surface area (Å²) in [5.74, 6) is 1.95. The lowest BCUT2D eigenvalue weighted by atomic mass is 9.96. The summed E-state index contributed by atoms with van der Waals surface area (Å²) in [6.45, 7) is 8.90. The third kappa shape index (κ3) is 5.27. The average molecular weight is 469 g/mol. The molecule has 0 bridgehead atoms. The van der Waals surface area contributed by atoms with Crippen LogP contribution in [-0.2, 0) is 9.59 Å². The van der Waals surface area contributed by atoms with Gasteiger partial charge >= 0.3 is 0 Å². The highest BCUT2D eigenvalue weighted by Gasteiger charge is 2.28. The van der Waals surface area contributed by atoms with Gasteiger partial charge in [-0.25, -0.2) is 0 Å². The summed E-state index contributed by atoms with van der Waals surface area (Å²) in [7, 11) is 0. The van der Waals surface area contributed by atoms with E-state index in [0.29, 0.717) is 42.7 Å². The van der Waals surface area contributed by atoms with Crippen LogP contribution in [0, 0.1) is 33.6 Å². The smallest absolute Gasteiger partial charge is 0.233 e. The number of hydrogen-bond donors (Lipinski definition) is 1. The van der Waals surface area contributed by atoms with Gasteiger partial charge in [0.05, 0.1) is 11.4 Å². The molecule has 0 radical (unpaired) electrons. The number of anilines is 1. The Hall–Kier alpha value is -3.14. The second-order valence-electron chi connectivity index (χ2n) is 8.41. The molecule has 1 saturated heterocycles. The SMILES string of the molecule is Cc1ccc(C)c(-n2c(C)nnc2SCC(=O)N2CCC(C(=O)Nc3cc(C)on3)CC2)c1. The second kappa shape index (κ2) is 9.78. The Morgan fingerprint density at radius 3 is 2.58 bits per heavy atom. The number of nitrogens with one attached hydrogen (secondary N) is 1. The summed E-state index contributed by atoms with van der Waals surface area (Å²) < 4.78 is 6.99. The van der Waals surface area contributed by atoms with Crippen LogP contribution < -0.4 is 5.32 Å². The molecule has 3 heterocycles. The number of benzene rings is 1. The minimum atomic E-state index is -0.145. The summed E-state index contributed by atoms with van der Waals surface area (Å²) in [4.78, 5) is 27.1. The Bertz CT molecular complexity index is 1160. The number of piperidine rings is 1. The Balaban J connectivity index is 1.32. The van der Waals surface area contributed by atoms with Crippen molar-refractivity contribution in [3.63, 3.8) is 0 Å². The van der Waals surface area contributed by atoms with Crippen molar-refractivity contribution in [2.75, 3.05) is 24.2 Å². The predicted molar refractivity (Wildman–Crippen MR) is 125 cm³/mol. The topological polar surface area (TPSA) is 106 Å². The zero-order chi connectivity index (χ0) is 23.5. The molecule has 2 amide bonds. The molecule has 1 aliphatic heterocycles.